The summed E-state index contributed by atoms with van der Waals surface area (Å²) < 4.78 is 1.89. The Kier molecular flexibility index (Phi) is 2.47. The fourth-order valence-electron chi connectivity index (χ4n) is 1.81. The van der Waals surface area contributed by atoms with Crippen molar-refractivity contribution >= 4 is 5.65 Å². The van der Waals surface area contributed by atoms with E-state index in [0.29, 0.717) is 17.6 Å². The molecule has 3 aromatic rings. The first-order valence-corrected chi connectivity index (χ1v) is 5.49. The van der Waals surface area contributed by atoms with Gasteiger partial charge in [0, 0.05) is 31.1 Å². The van der Waals surface area contributed by atoms with E-state index in [-0.39, 0.29) is 0 Å². The average Bonchev–Trinajstić information content (AvgIpc) is 2.82. The minimum atomic E-state index is 0.588. The van der Waals surface area contributed by atoms with E-state index >= 15 is 0 Å². The molecule has 0 aliphatic carbocycles. The molecule has 0 aliphatic heterocycles. The molecule has 5 nitrogen and oxygen atoms in total. The topological polar surface area (TPSA) is 66.9 Å². The predicted molar refractivity (Wildman–Crippen MR) is 64.7 cm³/mol. The summed E-state index contributed by atoms with van der Waals surface area (Å²) in [6.45, 7) is 0. The number of hydrogen-bond acceptors (Lipinski definition) is 4. The zero-order chi connectivity index (χ0) is 12.4. The number of aromatic nitrogens is 4. The number of nitriles is 1. The third-order valence-electron chi connectivity index (χ3n) is 2.72. The molecule has 0 spiro atoms. The Balaban J connectivity index is 2.01. The van der Waals surface area contributed by atoms with E-state index in [1.54, 1.807) is 24.5 Å². The van der Waals surface area contributed by atoms with Gasteiger partial charge in [0.15, 0.2) is 5.65 Å². The van der Waals surface area contributed by atoms with Crippen molar-refractivity contribution in [2.24, 2.45) is 0 Å². The van der Waals surface area contributed by atoms with Crippen molar-refractivity contribution in [3.05, 3.63) is 59.8 Å². The first kappa shape index (κ1) is 10.4. The first-order chi connectivity index (χ1) is 8.86. The van der Waals surface area contributed by atoms with Gasteiger partial charge in [-0.25, -0.2) is 0 Å². The van der Waals surface area contributed by atoms with Gasteiger partial charge in [-0.1, -0.05) is 0 Å². The molecule has 0 aliphatic rings. The number of nitrogens with zero attached hydrogens (tertiary/aromatic N) is 5. The van der Waals surface area contributed by atoms with E-state index in [1.807, 2.05) is 22.7 Å². The van der Waals surface area contributed by atoms with E-state index < -0.39 is 0 Å². The Labute approximate surface area is 103 Å². The van der Waals surface area contributed by atoms with Gasteiger partial charge in [0.2, 0.25) is 0 Å². The summed E-state index contributed by atoms with van der Waals surface area (Å²) in [6, 6.07) is 9.47. The normalized spacial score (nSPS) is 10.4. The maximum Gasteiger partial charge on any atom is 0.162 e. The minimum absolute atomic E-state index is 0.588. The summed E-state index contributed by atoms with van der Waals surface area (Å²) in [5.74, 6) is 0.848. The molecular weight excluding hydrogens is 226 g/mol. The van der Waals surface area contributed by atoms with Crippen LogP contribution in [0.3, 0.4) is 0 Å². The quantitative estimate of drug-likeness (QED) is 0.676. The molecule has 18 heavy (non-hydrogen) atoms. The van der Waals surface area contributed by atoms with Gasteiger partial charge in [-0.3, -0.25) is 9.38 Å². The van der Waals surface area contributed by atoms with Crippen LogP contribution in [-0.2, 0) is 6.42 Å². The fourth-order valence-corrected chi connectivity index (χ4v) is 1.81. The van der Waals surface area contributed by atoms with Gasteiger partial charge in [0.25, 0.3) is 0 Å². The van der Waals surface area contributed by atoms with Crippen molar-refractivity contribution in [1.29, 1.82) is 5.26 Å². The highest BCUT2D eigenvalue weighted by Crippen LogP contribution is 2.10. The molecule has 3 heterocycles. The maximum atomic E-state index is 8.82. The zero-order valence-electron chi connectivity index (χ0n) is 9.48. The lowest BCUT2D eigenvalue weighted by atomic mass is 10.2. The molecule has 0 saturated heterocycles. The van der Waals surface area contributed by atoms with Crippen molar-refractivity contribution in [3.63, 3.8) is 0 Å². The van der Waals surface area contributed by atoms with Gasteiger partial charge in [-0.15, -0.1) is 10.2 Å². The maximum absolute atomic E-state index is 8.82. The third-order valence-corrected chi connectivity index (χ3v) is 2.72. The molecule has 0 amide bonds. The van der Waals surface area contributed by atoms with Crippen LogP contribution in [0, 0.1) is 11.3 Å². The average molecular weight is 235 g/mol. The van der Waals surface area contributed by atoms with E-state index in [2.05, 4.69) is 21.3 Å². The van der Waals surface area contributed by atoms with E-state index in [1.165, 1.54) is 0 Å². The molecule has 0 atom stereocenters. The molecule has 3 aromatic heterocycles. The SMILES string of the molecule is N#Cc1ccn2c(Cc3ccncc3)nnc2c1. The molecule has 0 fully saturated rings. The minimum Gasteiger partial charge on any atom is -0.286 e. The summed E-state index contributed by atoms with van der Waals surface area (Å²) in [7, 11) is 0. The van der Waals surface area contributed by atoms with Crippen LogP contribution in [0.4, 0.5) is 0 Å². The van der Waals surface area contributed by atoms with Crippen molar-refractivity contribution in [2.45, 2.75) is 6.42 Å². The third kappa shape index (κ3) is 1.80. The number of pyridine rings is 2. The van der Waals surface area contributed by atoms with Crippen LogP contribution in [0.1, 0.15) is 17.0 Å². The lowest BCUT2D eigenvalue weighted by Gasteiger charge is -2.00. The van der Waals surface area contributed by atoms with Gasteiger partial charge >= 0.3 is 0 Å². The lowest BCUT2D eigenvalue weighted by molar-refractivity contribution is 0.932. The summed E-state index contributed by atoms with van der Waals surface area (Å²) in [6.07, 6.45) is 6.03. The predicted octanol–water partition coefficient (Wildman–Crippen LogP) is 1.59. The van der Waals surface area contributed by atoms with Crippen LogP contribution in [-0.4, -0.2) is 19.6 Å². The second-order valence-corrected chi connectivity index (χ2v) is 3.90. The van der Waals surface area contributed by atoms with E-state index in [0.717, 1.165) is 11.4 Å². The Morgan fingerprint density at radius 1 is 1.17 bits per heavy atom. The lowest BCUT2D eigenvalue weighted by Crippen LogP contribution is -1.96. The largest absolute Gasteiger partial charge is 0.286 e. The molecule has 0 N–H and O–H groups in total. The van der Waals surface area contributed by atoms with Gasteiger partial charge < -0.3 is 0 Å². The van der Waals surface area contributed by atoms with Crippen LogP contribution in [0.25, 0.3) is 5.65 Å². The Hall–Kier alpha value is -2.74. The van der Waals surface area contributed by atoms with Gasteiger partial charge in [0.05, 0.1) is 11.6 Å². The van der Waals surface area contributed by atoms with Gasteiger partial charge in [-0.2, -0.15) is 5.26 Å². The Bertz CT molecular complexity index is 724. The zero-order valence-corrected chi connectivity index (χ0v) is 9.48. The molecule has 5 heteroatoms. The molecular formula is C13H9N5. The van der Waals surface area contributed by atoms with Crippen molar-refractivity contribution in [1.82, 2.24) is 19.6 Å². The van der Waals surface area contributed by atoms with Crippen LogP contribution in [0.15, 0.2) is 42.9 Å². The summed E-state index contributed by atoms with van der Waals surface area (Å²) in [4.78, 5) is 3.98. The van der Waals surface area contributed by atoms with E-state index in [9.17, 15) is 0 Å². The van der Waals surface area contributed by atoms with Crippen molar-refractivity contribution in [3.8, 4) is 6.07 Å². The highest BCUT2D eigenvalue weighted by atomic mass is 15.2. The van der Waals surface area contributed by atoms with Gasteiger partial charge in [-0.05, 0) is 23.8 Å². The highest BCUT2D eigenvalue weighted by Gasteiger charge is 2.06. The van der Waals surface area contributed by atoms with Crippen molar-refractivity contribution in [2.75, 3.05) is 0 Å². The van der Waals surface area contributed by atoms with Crippen LogP contribution < -0.4 is 0 Å². The molecule has 3 rings (SSSR count). The van der Waals surface area contributed by atoms with Crippen LogP contribution >= 0.6 is 0 Å². The number of fused-ring (bicyclic) bond motifs is 1. The van der Waals surface area contributed by atoms with Crippen molar-refractivity contribution < 1.29 is 0 Å². The van der Waals surface area contributed by atoms with Crippen LogP contribution in [0.2, 0.25) is 0 Å². The summed E-state index contributed by atoms with van der Waals surface area (Å²) in [5.41, 5.74) is 2.41. The second kappa shape index (κ2) is 4.26. The molecule has 0 saturated carbocycles. The molecule has 86 valence electrons. The summed E-state index contributed by atoms with van der Waals surface area (Å²) in [5, 5.41) is 17.0. The molecule has 0 radical (unpaired) electrons. The number of hydrogen-bond donors (Lipinski definition) is 0. The first-order valence-electron chi connectivity index (χ1n) is 5.49. The highest BCUT2D eigenvalue weighted by molar-refractivity contribution is 5.45. The van der Waals surface area contributed by atoms with Crippen LogP contribution in [0.5, 0.6) is 0 Å². The Morgan fingerprint density at radius 2 is 2.00 bits per heavy atom. The van der Waals surface area contributed by atoms with Gasteiger partial charge in [0.1, 0.15) is 5.82 Å². The monoisotopic (exact) mass is 235 g/mol. The molecule has 0 unspecified atom stereocenters. The smallest absolute Gasteiger partial charge is 0.162 e. The molecule has 0 bridgehead atoms. The Morgan fingerprint density at radius 3 is 2.78 bits per heavy atom. The molecule has 0 aromatic carbocycles. The van der Waals surface area contributed by atoms with E-state index in [4.69, 9.17) is 5.26 Å². The number of rotatable bonds is 2. The second-order valence-electron chi connectivity index (χ2n) is 3.90. The fraction of sp³-hybridized carbons (Fsp3) is 0.0769. The summed E-state index contributed by atoms with van der Waals surface area (Å²) >= 11 is 0. The standard InChI is InChI=1S/C13H9N5/c14-9-11-3-6-18-12(16-17-13(18)8-11)7-10-1-4-15-5-2-10/h1-6,8H,7H2.